The molecule has 2 N–H and O–H groups in total. The molecular formula is C19H24BrF3N2O2. The van der Waals surface area contributed by atoms with Crippen molar-refractivity contribution < 1.29 is 22.7 Å². The number of alkyl halides is 3. The van der Waals surface area contributed by atoms with Crippen LogP contribution in [-0.2, 0) is 15.7 Å². The van der Waals surface area contributed by atoms with Crippen molar-refractivity contribution in [2.24, 2.45) is 11.7 Å². The van der Waals surface area contributed by atoms with Crippen LogP contribution in [0.1, 0.15) is 49.1 Å². The molecule has 0 spiro atoms. The fourth-order valence-electron chi connectivity index (χ4n) is 4.15. The Morgan fingerprint density at radius 1 is 1.26 bits per heavy atom. The number of primary amides is 1. The van der Waals surface area contributed by atoms with Crippen molar-refractivity contribution in [1.82, 2.24) is 0 Å². The molecule has 1 saturated carbocycles. The Balaban J connectivity index is 2.02. The molecule has 150 valence electrons. The number of morpholine rings is 1. The van der Waals surface area contributed by atoms with E-state index in [2.05, 4.69) is 15.9 Å². The van der Waals surface area contributed by atoms with Crippen molar-refractivity contribution in [2.75, 3.05) is 31.2 Å². The zero-order chi connectivity index (χ0) is 19.6. The highest BCUT2D eigenvalue weighted by molar-refractivity contribution is 9.10. The number of amides is 1. The summed E-state index contributed by atoms with van der Waals surface area (Å²) in [6.07, 6.45) is -0.209. The van der Waals surface area contributed by atoms with Crippen LogP contribution in [0.5, 0.6) is 0 Å². The molecule has 1 atom stereocenters. The predicted molar refractivity (Wildman–Crippen MR) is 101 cm³/mol. The minimum absolute atomic E-state index is 0.0288. The number of ether oxygens (including phenoxy) is 1. The highest BCUT2D eigenvalue weighted by Gasteiger charge is 2.39. The number of hydrogen-bond acceptors (Lipinski definition) is 3. The number of nitrogens with two attached hydrogens (primary N) is 1. The summed E-state index contributed by atoms with van der Waals surface area (Å²) in [6.45, 7) is 2.02. The average molecular weight is 449 g/mol. The van der Waals surface area contributed by atoms with Crippen molar-refractivity contribution in [3.05, 3.63) is 27.7 Å². The Labute approximate surface area is 165 Å². The smallest absolute Gasteiger partial charge is 0.378 e. The van der Waals surface area contributed by atoms with Gasteiger partial charge in [0.05, 0.1) is 24.7 Å². The molecule has 0 aromatic heterocycles. The number of rotatable bonds is 5. The lowest BCUT2D eigenvalue weighted by Crippen LogP contribution is -2.36. The number of carbonyl (C=O) groups excluding carboxylic acids is 1. The largest absolute Gasteiger partial charge is 0.416 e. The van der Waals surface area contributed by atoms with Gasteiger partial charge in [0, 0.05) is 23.2 Å². The number of nitrogens with zero attached hydrogens (tertiary/aromatic N) is 1. The molecule has 1 amide bonds. The highest BCUT2D eigenvalue weighted by atomic mass is 79.9. The van der Waals surface area contributed by atoms with Crippen molar-refractivity contribution >= 4 is 27.5 Å². The quantitative estimate of drug-likeness (QED) is 0.723. The molecule has 1 aromatic carbocycles. The first-order valence-corrected chi connectivity index (χ1v) is 10.1. The summed E-state index contributed by atoms with van der Waals surface area (Å²) in [5, 5.41) is 0. The first-order valence-electron chi connectivity index (χ1n) is 9.30. The van der Waals surface area contributed by atoms with E-state index in [0.29, 0.717) is 42.9 Å². The summed E-state index contributed by atoms with van der Waals surface area (Å²) in [7, 11) is 0. The topological polar surface area (TPSA) is 55.6 Å². The lowest BCUT2D eigenvalue weighted by Gasteiger charge is -2.31. The molecule has 27 heavy (non-hydrogen) atoms. The van der Waals surface area contributed by atoms with Gasteiger partial charge in [-0.3, -0.25) is 4.79 Å². The number of carbonyl (C=O) groups is 1. The summed E-state index contributed by atoms with van der Waals surface area (Å²) in [5.74, 6) is -1.40. The molecule has 1 aromatic rings. The van der Waals surface area contributed by atoms with Gasteiger partial charge < -0.3 is 15.4 Å². The third kappa shape index (κ3) is 4.77. The van der Waals surface area contributed by atoms with Crippen LogP contribution in [0.25, 0.3) is 0 Å². The van der Waals surface area contributed by atoms with E-state index in [9.17, 15) is 18.0 Å². The van der Waals surface area contributed by atoms with Gasteiger partial charge in [0.1, 0.15) is 0 Å². The molecule has 1 heterocycles. The molecule has 0 bridgehead atoms. The van der Waals surface area contributed by atoms with E-state index >= 15 is 0 Å². The SMILES string of the molecule is NC(=O)C(CC1CCCC1)c1c(Br)cc(N2CCOCC2)cc1C(F)(F)F. The minimum Gasteiger partial charge on any atom is -0.378 e. The highest BCUT2D eigenvalue weighted by Crippen LogP contribution is 2.44. The molecule has 4 nitrogen and oxygen atoms in total. The molecule has 2 fully saturated rings. The number of halogens is 4. The van der Waals surface area contributed by atoms with Gasteiger partial charge in [-0.05, 0) is 30.0 Å². The Bertz CT molecular complexity index is 684. The van der Waals surface area contributed by atoms with Gasteiger partial charge in [-0.15, -0.1) is 0 Å². The molecule has 1 saturated heterocycles. The van der Waals surface area contributed by atoms with Crippen LogP contribution >= 0.6 is 15.9 Å². The first kappa shape index (κ1) is 20.5. The Kier molecular flexibility index (Phi) is 6.35. The third-order valence-corrected chi connectivity index (χ3v) is 6.19. The summed E-state index contributed by atoms with van der Waals surface area (Å²) in [5.41, 5.74) is 5.23. The Morgan fingerprint density at radius 2 is 1.89 bits per heavy atom. The zero-order valence-corrected chi connectivity index (χ0v) is 16.6. The maximum Gasteiger partial charge on any atom is 0.416 e. The van der Waals surface area contributed by atoms with Crippen LogP contribution in [0.2, 0.25) is 0 Å². The fourth-order valence-corrected chi connectivity index (χ4v) is 4.88. The van der Waals surface area contributed by atoms with E-state index < -0.39 is 23.6 Å². The van der Waals surface area contributed by atoms with Crippen molar-refractivity contribution in [3.63, 3.8) is 0 Å². The van der Waals surface area contributed by atoms with Crippen LogP contribution < -0.4 is 10.6 Å². The summed E-state index contributed by atoms with van der Waals surface area (Å²) in [4.78, 5) is 14.0. The second-order valence-electron chi connectivity index (χ2n) is 7.33. The lowest BCUT2D eigenvalue weighted by atomic mass is 9.84. The molecule has 1 aliphatic carbocycles. The summed E-state index contributed by atoms with van der Waals surface area (Å²) in [6, 6.07) is 2.82. The van der Waals surface area contributed by atoms with E-state index in [0.717, 1.165) is 31.7 Å². The molecule has 2 aliphatic rings. The molecule has 1 aliphatic heterocycles. The van der Waals surface area contributed by atoms with E-state index in [1.54, 1.807) is 6.07 Å². The molecule has 3 rings (SSSR count). The lowest BCUT2D eigenvalue weighted by molar-refractivity contribution is -0.138. The van der Waals surface area contributed by atoms with E-state index in [1.165, 1.54) is 0 Å². The van der Waals surface area contributed by atoms with Crippen molar-refractivity contribution in [3.8, 4) is 0 Å². The van der Waals surface area contributed by atoms with Gasteiger partial charge in [0.15, 0.2) is 0 Å². The Hall–Kier alpha value is -1.28. The first-order chi connectivity index (χ1) is 12.8. The third-order valence-electron chi connectivity index (χ3n) is 5.53. The number of hydrogen-bond donors (Lipinski definition) is 1. The minimum atomic E-state index is -4.57. The normalized spacial score (nSPS) is 20.1. The number of benzene rings is 1. The zero-order valence-electron chi connectivity index (χ0n) is 15.0. The van der Waals surface area contributed by atoms with Gasteiger partial charge in [0.2, 0.25) is 5.91 Å². The molecular weight excluding hydrogens is 425 g/mol. The second-order valence-corrected chi connectivity index (χ2v) is 8.18. The average Bonchev–Trinajstić information content (AvgIpc) is 3.12. The molecule has 8 heteroatoms. The monoisotopic (exact) mass is 448 g/mol. The maximum atomic E-state index is 13.9. The van der Waals surface area contributed by atoms with Crippen LogP contribution in [0.3, 0.4) is 0 Å². The van der Waals surface area contributed by atoms with E-state index in [4.69, 9.17) is 10.5 Å². The fraction of sp³-hybridized carbons (Fsp3) is 0.632. The van der Waals surface area contributed by atoms with Crippen molar-refractivity contribution in [2.45, 2.75) is 44.2 Å². The van der Waals surface area contributed by atoms with Gasteiger partial charge in [-0.2, -0.15) is 13.2 Å². The second kappa shape index (κ2) is 8.39. The van der Waals surface area contributed by atoms with Crippen LogP contribution in [0.15, 0.2) is 16.6 Å². The van der Waals surface area contributed by atoms with Gasteiger partial charge in [0.25, 0.3) is 0 Å². The van der Waals surface area contributed by atoms with Crippen LogP contribution in [-0.4, -0.2) is 32.2 Å². The van der Waals surface area contributed by atoms with Gasteiger partial charge >= 0.3 is 6.18 Å². The van der Waals surface area contributed by atoms with Gasteiger partial charge in [-0.25, -0.2) is 0 Å². The van der Waals surface area contributed by atoms with Gasteiger partial charge in [-0.1, -0.05) is 41.6 Å². The molecule has 0 radical (unpaired) electrons. The standard InChI is InChI=1S/C19H24BrF3N2O2/c20-16-11-13(25-5-7-27-8-6-25)10-15(19(21,22)23)17(16)14(18(24)26)9-12-3-1-2-4-12/h10-12,14H,1-9H2,(H2,24,26). The Morgan fingerprint density at radius 3 is 2.44 bits per heavy atom. The van der Waals surface area contributed by atoms with Crippen molar-refractivity contribution in [1.29, 1.82) is 0 Å². The molecule has 1 unspecified atom stereocenters. The van der Waals surface area contributed by atoms with E-state index in [1.807, 2.05) is 4.90 Å². The van der Waals surface area contributed by atoms with Crippen LogP contribution in [0, 0.1) is 5.92 Å². The summed E-state index contributed by atoms with van der Waals surface area (Å²) < 4.78 is 47.3. The summed E-state index contributed by atoms with van der Waals surface area (Å²) >= 11 is 3.31. The maximum absolute atomic E-state index is 13.9. The number of anilines is 1. The van der Waals surface area contributed by atoms with E-state index in [-0.39, 0.29) is 11.5 Å². The van der Waals surface area contributed by atoms with Crippen LogP contribution in [0.4, 0.5) is 18.9 Å². The predicted octanol–water partition coefficient (Wildman–Crippen LogP) is 4.45.